The Morgan fingerprint density at radius 3 is 2.60 bits per heavy atom. The van der Waals surface area contributed by atoms with E-state index in [1.54, 1.807) is 6.07 Å². The van der Waals surface area contributed by atoms with Crippen molar-refractivity contribution in [2.45, 2.75) is 19.4 Å². The molecule has 0 heterocycles. The molecule has 0 aromatic heterocycles. The van der Waals surface area contributed by atoms with E-state index in [1.807, 2.05) is 43.3 Å². The molecule has 0 spiro atoms. The van der Waals surface area contributed by atoms with Gasteiger partial charge in [-0.15, -0.1) is 0 Å². The number of nitrogens with one attached hydrogen (secondary N) is 2. The number of nitro groups is 1. The third-order valence-electron chi connectivity index (χ3n) is 3.76. The summed E-state index contributed by atoms with van der Waals surface area (Å²) in [7, 11) is 0. The summed E-state index contributed by atoms with van der Waals surface area (Å²) in [5.74, 6) is -0.243. The van der Waals surface area contributed by atoms with Gasteiger partial charge in [0.05, 0.1) is 4.92 Å². The fourth-order valence-electron chi connectivity index (χ4n) is 2.39. The number of hydrogen-bond acceptors (Lipinski definition) is 5. The molecule has 2 aromatic rings. The summed E-state index contributed by atoms with van der Waals surface area (Å²) in [6.07, 6.45) is 0.623. The van der Waals surface area contributed by atoms with Crippen molar-refractivity contribution in [2.24, 2.45) is 5.73 Å². The van der Waals surface area contributed by atoms with Crippen molar-refractivity contribution in [1.29, 1.82) is 0 Å². The smallest absolute Gasteiger partial charge is 0.292 e. The average molecular weight is 342 g/mol. The Morgan fingerprint density at radius 1 is 1.20 bits per heavy atom. The van der Waals surface area contributed by atoms with Crippen molar-refractivity contribution >= 4 is 17.3 Å². The molecule has 1 amide bonds. The summed E-state index contributed by atoms with van der Waals surface area (Å²) in [5.41, 5.74) is 8.03. The summed E-state index contributed by atoms with van der Waals surface area (Å²) >= 11 is 0. The molecule has 7 nitrogen and oxygen atoms in total. The summed E-state index contributed by atoms with van der Waals surface area (Å²) in [5, 5.41) is 16.9. The van der Waals surface area contributed by atoms with Gasteiger partial charge in [0.15, 0.2) is 0 Å². The lowest BCUT2D eigenvalue weighted by Gasteiger charge is -2.13. The van der Waals surface area contributed by atoms with Crippen LogP contribution in [0.3, 0.4) is 0 Å². The molecule has 0 aliphatic heterocycles. The minimum absolute atomic E-state index is 0.0511. The quantitative estimate of drug-likeness (QED) is 0.388. The van der Waals surface area contributed by atoms with Crippen LogP contribution < -0.4 is 16.4 Å². The lowest BCUT2D eigenvalue weighted by atomic mass is 10.1. The summed E-state index contributed by atoms with van der Waals surface area (Å²) in [4.78, 5) is 22.7. The molecule has 2 rings (SSSR count). The summed E-state index contributed by atoms with van der Waals surface area (Å²) < 4.78 is 0. The molecule has 0 aliphatic rings. The third kappa shape index (κ3) is 5.29. The number of benzene rings is 2. The monoisotopic (exact) mass is 342 g/mol. The zero-order valence-electron chi connectivity index (χ0n) is 14.1. The van der Waals surface area contributed by atoms with Crippen LogP contribution in [0.4, 0.5) is 11.4 Å². The average Bonchev–Trinajstić information content (AvgIpc) is 2.62. The minimum Gasteiger partial charge on any atom is -0.379 e. The van der Waals surface area contributed by atoms with E-state index >= 15 is 0 Å². The minimum atomic E-state index is -0.702. The van der Waals surface area contributed by atoms with Crippen LogP contribution in [-0.4, -0.2) is 23.9 Å². The highest BCUT2D eigenvalue weighted by atomic mass is 16.6. The number of amides is 1. The van der Waals surface area contributed by atoms with Gasteiger partial charge in [-0.3, -0.25) is 14.9 Å². The lowest BCUT2D eigenvalue weighted by Crippen LogP contribution is -2.35. The Bertz CT molecular complexity index is 734. The Kier molecular flexibility index (Phi) is 6.47. The first-order valence-electron chi connectivity index (χ1n) is 8.06. The molecule has 7 heteroatoms. The number of hydrogen-bond donors (Lipinski definition) is 3. The van der Waals surface area contributed by atoms with E-state index in [9.17, 15) is 14.9 Å². The van der Waals surface area contributed by atoms with E-state index in [0.29, 0.717) is 25.2 Å². The van der Waals surface area contributed by atoms with Crippen LogP contribution in [0.2, 0.25) is 0 Å². The molecule has 0 radical (unpaired) electrons. The Labute approximate surface area is 146 Å². The lowest BCUT2D eigenvalue weighted by molar-refractivity contribution is -0.384. The standard InChI is InChI=1S/C18H22N4O3/c1-13-8-9-15(16(12-13)22(24)25)20-10-5-11-21-18(23)17(19)14-6-3-2-4-7-14/h2-4,6-9,12,17,20H,5,10-11,19H2,1H3,(H,21,23). The van der Waals surface area contributed by atoms with Gasteiger partial charge in [-0.25, -0.2) is 0 Å². The zero-order valence-corrected chi connectivity index (χ0v) is 14.1. The van der Waals surface area contributed by atoms with Gasteiger partial charge >= 0.3 is 0 Å². The number of aryl methyl sites for hydroxylation is 1. The van der Waals surface area contributed by atoms with Gasteiger partial charge < -0.3 is 16.4 Å². The Hall–Kier alpha value is -2.93. The molecule has 132 valence electrons. The molecule has 25 heavy (non-hydrogen) atoms. The number of nitrogens with zero attached hydrogens (tertiary/aromatic N) is 1. The summed E-state index contributed by atoms with van der Waals surface area (Å²) in [6.45, 7) is 2.75. The van der Waals surface area contributed by atoms with Gasteiger partial charge in [-0.05, 0) is 30.5 Å². The maximum atomic E-state index is 12.0. The second-order valence-electron chi connectivity index (χ2n) is 5.74. The van der Waals surface area contributed by atoms with Crippen molar-refractivity contribution in [3.8, 4) is 0 Å². The predicted octanol–water partition coefficient (Wildman–Crippen LogP) is 2.52. The SMILES string of the molecule is Cc1ccc(NCCCNC(=O)C(N)c2ccccc2)c([N+](=O)[O-])c1. The maximum Gasteiger partial charge on any atom is 0.292 e. The second-order valence-corrected chi connectivity index (χ2v) is 5.74. The van der Waals surface area contributed by atoms with Crippen LogP contribution in [-0.2, 0) is 4.79 Å². The highest BCUT2D eigenvalue weighted by molar-refractivity contribution is 5.82. The van der Waals surface area contributed by atoms with Crippen molar-refractivity contribution < 1.29 is 9.72 Å². The largest absolute Gasteiger partial charge is 0.379 e. The highest BCUT2D eigenvalue weighted by Gasteiger charge is 2.15. The normalized spacial score (nSPS) is 11.6. The van der Waals surface area contributed by atoms with Gasteiger partial charge in [-0.1, -0.05) is 36.4 Å². The van der Waals surface area contributed by atoms with Crippen molar-refractivity contribution in [2.75, 3.05) is 18.4 Å². The predicted molar refractivity (Wildman–Crippen MR) is 97.3 cm³/mol. The van der Waals surface area contributed by atoms with Gasteiger partial charge in [0.2, 0.25) is 5.91 Å². The van der Waals surface area contributed by atoms with E-state index in [1.165, 1.54) is 6.07 Å². The van der Waals surface area contributed by atoms with Crippen molar-refractivity contribution in [1.82, 2.24) is 5.32 Å². The van der Waals surface area contributed by atoms with E-state index < -0.39 is 11.0 Å². The number of nitrogens with two attached hydrogens (primary N) is 1. The van der Waals surface area contributed by atoms with Crippen LogP contribution in [0.15, 0.2) is 48.5 Å². The molecule has 0 saturated heterocycles. The van der Waals surface area contributed by atoms with Crippen LogP contribution >= 0.6 is 0 Å². The maximum absolute atomic E-state index is 12.0. The molecule has 4 N–H and O–H groups in total. The first kappa shape index (κ1) is 18.4. The number of carbonyl (C=O) groups excluding carboxylic acids is 1. The number of anilines is 1. The molecule has 0 aliphatic carbocycles. The van der Waals surface area contributed by atoms with Crippen LogP contribution in [0.5, 0.6) is 0 Å². The molecule has 2 aromatic carbocycles. The first-order chi connectivity index (χ1) is 12.0. The molecular weight excluding hydrogens is 320 g/mol. The first-order valence-corrected chi connectivity index (χ1v) is 8.06. The van der Waals surface area contributed by atoms with Gasteiger partial charge in [0, 0.05) is 19.2 Å². The van der Waals surface area contributed by atoms with E-state index in [-0.39, 0.29) is 11.6 Å². The van der Waals surface area contributed by atoms with Crippen LogP contribution in [0.1, 0.15) is 23.6 Å². The van der Waals surface area contributed by atoms with Gasteiger partial charge in [0.1, 0.15) is 11.7 Å². The molecular formula is C18H22N4O3. The number of carbonyl (C=O) groups is 1. The van der Waals surface area contributed by atoms with Crippen molar-refractivity contribution in [3.05, 3.63) is 69.8 Å². The van der Waals surface area contributed by atoms with E-state index in [2.05, 4.69) is 10.6 Å². The number of rotatable bonds is 8. The highest BCUT2D eigenvalue weighted by Crippen LogP contribution is 2.25. The molecule has 0 fully saturated rings. The number of nitro benzene ring substituents is 1. The van der Waals surface area contributed by atoms with E-state index in [0.717, 1.165) is 11.1 Å². The Balaban J connectivity index is 1.77. The van der Waals surface area contributed by atoms with E-state index in [4.69, 9.17) is 5.73 Å². The zero-order chi connectivity index (χ0) is 18.2. The third-order valence-corrected chi connectivity index (χ3v) is 3.76. The van der Waals surface area contributed by atoms with Crippen molar-refractivity contribution in [3.63, 3.8) is 0 Å². The molecule has 0 saturated carbocycles. The topological polar surface area (TPSA) is 110 Å². The van der Waals surface area contributed by atoms with Crippen LogP contribution in [0, 0.1) is 17.0 Å². The second kappa shape index (κ2) is 8.79. The molecule has 1 unspecified atom stereocenters. The summed E-state index contributed by atoms with van der Waals surface area (Å²) in [6, 6.07) is 13.5. The fourth-order valence-corrected chi connectivity index (χ4v) is 2.39. The van der Waals surface area contributed by atoms with Gasteiger partial charge in [-0.2, -0.15) is 0 Å². The van der Waals surface area contributed by atoms with Crippen LogP contribution in [0.25, 0.3) is 0 Å². The fraction of sp³-hybridized carbons (Fsp3) is 0.278. The molecule has 0 bridgehead atoms. The van der Waals surface area contributed by atoms with Gasteiger partial charge in [0.25, 0.3) is 5.69 Å². The molecule has 1 atom stereocenters. The Morgan fingerprint density at radius 2 is 1.92 bits per heavy atom.